The second-order valence-corrected chi connectivity index (χ2v) is 27.7. The maximum atomic E-state index is 4.94. The predicted octanol–water partition coefficient (Wildman–Crippen LogP) is 13.7. The number of aromatic nitrogens is 2. The fourth-order valence-electron chi connectivity index (χ4n) is 8.09. The van der Waals surface area contributed by atoms with Crippen molar-refractivity contribution in [1.29, 1.82) is 0 Å². The second-order valence-electron chi connectivity index (χ2n) is 18.0. The number of imidazole rings is 1. The van der Waals surface area contributed by atoms with Crippen molar-refractivity contribution in [2.75, 3.05) is 31.1 Å². The van der Waals surface area contributed by atoms with Gasteiger partial charge in [0.05, 0.1) is 25.1 Å². The van der Waals surface area contributed by atoms with Crippen LogP contribution in [0.25, 0.3) is 5.69 Å². The second kappa shape index (κ2) is 23.8. The van der Waals surface area contributed by atoms with Crippen LogP contribution in [0.5, 0.6) is 0 Å². The molecule has 60 heavy (non-hydrogen) atoms. The number of rotatable bonds is 8. The molecule has 4 aromatic carbocycles. The van der Waals surface area contributed by atoms with Crippen molar-refractivity contribution in [3.63, 3.8) is 0 Å². The molecule has 1 saturated heterocycles. The van der Waals surface area contributed by atoms with E-state index in [1.165, 1.54) is 68.2 Å². The molecule has 3 heterocycles. The molecule has 2 atom stereocenters. The van der Waals surface area contributed by atoms with E-state index in [0.29, 0.717) is 5.16 Å². The normalized spacial score (nSPS) is 14.8. The van der Waals surface area contributed by atoms with E-state index in [4.69, 9.17) is 23.6 Å². The standard InChI is InChI=1S/C23H31N2P.C23H30N2P.C4H8O.2ClH.Pt/c2*1-18-14-19(2)22(20(3)15-18)25-13-12-24(16-25)17-26(23(4,5)6)21-10-8-7-9-11-21;1-2-4-5-3-1;;;/h7-15H,16-17H2,1-6H3;7-16H,17H2,1-6H3;1-4H2;2*1H;/q;+1;;;;+2/p-1/t26-;;;;;/m0...../s1. The van der Waals surface area contributed by atoms with Crippen molar-refractivity contribution in [3.8, 4) is 5.69 Å². The van der Waals surface area contributed by atoms with Crippen LogP contribution in [0.3, 0.4) is 0 Å². The van der Waals surface area contributed by atoms with Gasteiger partial charge in [0, 0.05) is 48.7 Å². The Morgan fingerprint density at radius 3 is 1.67 bits per heavy atom. The average Bonchev–Trinajstić information content (AvgIpc) is 3.98. The van der Waals surface area contributed by atoms with Crippen molar-refractivity contribution in [2.45, 2.75) is 113 Å². The van der Waals surface area contributed by atoms with E-state index in [-0.39, 0.29) is 13.1 Å². The fraction of sp³-hybridized carbons (Fsp3) is 0.420. The maximum absolute atomic E-state index is 4.94. The minimum absolute atomic E-state index is 0.268. The van der Waals surface area contributed by atoms with E-state index in [1.807, 2.05) is 0 Å². The summed E-state index contributed by atoms with van der Waals surface area (Å²) in [5.41, 5.74) is 10.7. The van der Waals surface area contributed by atoms with Crippen LogP contribution in [0.4, 0.5) is 5.69 Å². The zero-order chi connectivity index (χ0) is 44.0. The van der Waals surface area contributed by atoms with Gasteiger partial charge in [-0.05, 0) is 134 Å². The van der Waals surface area contributed by atoms with Gasteiger partial charge in [0.15, 0.2) is 12.6 Å². The first-order chi connectivity index (χ1) is 28.4. The SMILES string of the molecule is C1CCOC1.Cc1cc(C)c(-n2ccn(C[PH+](c3ccccc3)C(C)(C)C)[cH+]2)c(C)c1.Cc1cc(C)c(N2C=CN(C[P@@](c3ccccc3)C(C)(C)C)C2)c(C)c1.[Cl][Pt][Cl]. The Morgan fingerprint density at radius 2 is 1.20 bits per heavy atom. The fourth-order valence-corrected chi connectivity index (χ4v) is 13.2. The molecule has 5 nitrogen and oxygen atoms in total. The van der Waals surface area contributed by atoms with Crippen LogP contribution in [0.2, 0.25) is 0 Å². The van der Waals surface area contributed by atoms with E-state index < -0.39 is 24.4 Å². The molecule has 2 aliphatic heterocycles. The predicted molar refractivity (Wildman–Crippen MR) is 265 cm³/mol. The van der Waals surface area contributed by atoms with Crippen molar-refractivity contribution in [3.05, 3.63) is 149 Å². The van der Waals surface area contributed by atoms with E-state index in [1.54, 1.807) is 0 Å². The first-order valence-corrected chi connectivity index (χ1v) is 29.9. The molecule has 10 heteroatoms. The van der Waals surface area contributed by atoms with Crippen LogP contribution in [0.1, 0.15) is 87.8 Å². The van der Waals surface area contributed by atoms with Gasteiger partial charge >= 0.3 is 35.3 Å². The Labute approximate surface area is 382 Å². The Bertz CT molecular complexity index is 2040. The van der Waals surface area contributed by atoms with Crippen LogP contribution in [0.15, 0.2) is 116 Å². The summed E-state index contributed by atoms with van der Waals surface area (Å²) in [6.45, 7) is 30.4. The Hall–Kier alpha value is -2.48. The van der Waals surface area contributed by atoms with Crippen LogP contribution in [-0.2, 0) is 27.5 Å². The van der Waals surface area contributed by atoms with Crippen LogP contribution >= 0.6 is 34.7 Å². The number of hydrogen-bond acceptors (Lipinski definition) is 3. The average molecular weight is 1070 g/mol. The summed E-state index contributed by atoms with van der Waals surface area (Å²) in [4.78, 5) is 4.87. The van der Waals surface area contributed by atoms with Crippen molar-refractivity contribution in [1.82, 2.24) is 14.0 Å². The van der Waals surface area contributed by atoms with Gasteiger partial charge < -0.3 is 14.5 Å². The van der Waals surface area contributed by atoms with Crippen molar-refractivity contribution >= 4 is 51.0 Å². The van der Waals surface area contributed by atoms with Crippen molar-refractivity contribution < 1.29 is 21.2 Å². The number of halogens is 2. The van der Waals surface area contributed by atoms with Gasteiger partial charge in [-0.1, -0.05) is 87.0 Å². The van der Waals surface area contributed by atoms with Gasteiger partial charge in [0.2, 0.25) is 0 Å². The zero-order valence-corrected chi connectivity index (χ0v) is 43.8. The Morgan fingerprint density at radius 1 is 0.700 bits per heavy atom. The first-order valence-electron chi connectivity index (χ1n) is 21.0. The summed E-state index contributed by atoms with van der Waals surface area (Å²) in [7, 11) is 8.75. The topological polar surface area (TPSA) is 25.6 Å². The van der Waals surface area contributed by atoms with E-state index in [2.05, 4.69) is 218 Å². The molecule has 0 bridgehead atoms. The first kappa shape index (κ1) is 50.2. The molecule has 0 aliphatic carbocycles. The number of aryl methyl sites for hydroxylation is 6. The molecule has 0 amide bonds. The molecule has 0 radical (unpaired) electrons. The molecule has 0 N–H and O–H groups in total. The summed E-state index contributed by atoms with van der Waals surface area (Å²) in [6, 6.07) is 31.2. The van der Waals surface area contributed by atoms with E-state index >= 15 is 0 Å². The Balaban J connectivity index is 0.000000223. The third-order valence-corrected chi connectivity index (χ3v) is 17.4. The molecule has 5 aromatic rings. The summed E-state index contributed by atoms with van der Waals surface area (Å²) >= 11 is -0.472. The molecule has 1 unspecified atom stereocenters. The summed E-state index contributed by atoms with van der Waals surface area (Å²) < 4.78 is 9.59. The zero-order valence-electron chi connectivity index (χ0n) is 38.1. The molecule has 1 fully saturated rings. The molecule has 0 spiro atoms. The van der Waals surface area contributed by atoms with Gasteiger partial charge in [-0.3, -0.25) is 0 Å². The quantitative estimate of drug-likeness (QED) is 0.114. The van der Waals surface area contributed by atoms with Crippen LogP contribution in [-0.4, -0.2) is 50.5 Å². The van der Waals surface area contributed by atoms with Gasteiger partial charge in [0.1, 0.15) is 18.1 Å². The molecule has 2 aliphatic rings. The molecular weight excluding hydrogens is 1000 g/mol. The number of anilines is 1. The van der Waals surface area contributed by atoms with E-state index in [9.17, 15) is 0 Å². The van der Waals surface area contributed by atoms with Gasteiger partial charge in [-0.15, -0.1) is 0 Å². The van der Waals surface area contributed by atoms with Gasteiger partial charge in [0.25, 0.3) is 0 Å². The molecule has 0 saturated carbocycles. The number of benzene rings is 4. The monoisotopic (exact) mass is 1070 g/mol. The molecule has 328 valence electrons. The molecule has 1 aromatic heterocycles. The third-order valence-electron chi connectivity index (χ3n) is 10.7. The molecular formula is C50H70Cl2N4OP2Pt+2. The van der Waals surface area contributed by atoms with Crippen LogP contribution in [0, 0.1) is 41.5 Å². The minimum atomic E-state index is -0.735. The van der Waals surface area contributed by atoms with E-state index in [0.717, 1.165) is 32.5 Å². The summed E-state index contributed by atoms with van der Waals surface area (Å²) in [6.07, 6.45) is 15.9. The van der Waals surface area contributed by atoms with Gasteiger partial charge in [-0.25, -0.2) is 4.57 Å². The number of hydrogen-bond donors (Lipinski definition) is 0. The molecule has 7 rings (SSSR count). The van der Waals surface area contributed by atoms with Crippen LogP contribution < -0.4 is 15.5 Å². The number of nitrogens with zero attached hydrogens (tertiary/aromatic N) is 4. The number of ether oxygens (including phenoxy) is 1. The summed E-state index contributed by atoms with van der Waals surface area (Å²) in [5, 5.41) is 3.59. The van der Waals surface area contributed by atoms with Gasteiger partial charge in [-0.2, -0.15) is 4.57 Å². The third kappa shape index (κ3) is 15.1. The van der Waals surface area contributed by atoms with Crippen molar-refractivity contribution in [2.24, 2.45) is 0 Å². The summed E-state index contributed by atoms with van der Waals surface area (Å²) in [5.74, 6) is 0. The Kier molecular flexibility index (Phi) is 19.9.